The van der Waals surface area contributed by atoms with Crippen molar-refractivity contribution in [2.75, 3.05) is 11.9 Å². The SMILES string of the molecule is O=C(CCC1CCCO1)Nc1ccc(OC(F)F)c(Cc2ccccc2)c1. The van der Waals surface area contributed by atoms with Gasteiger partial charge < -0.3 is 14.8 Å². The number of nitrogens with one attached hydrogen (secondary N) is 1. The maximum Gasteiger partial charge on any atom is 0.387 e. The summed E-state index contributed by atoms with van der Waals surface area (Å²) in [7, 11) is 0. The molecule has 0 spiro atoms. The largest absolute Gasteiger partial charge is 0.435 e. The standard InChI is InChI=1S/C21H23F2NO3/c22-21(23)27-19-10-8-17(14-16(19)13-15-5-2-1-3-6-15)24-20(25)11-9-18-7-4-12-26-18/h1-3,5-6,8,10,14,18,21H,4,7,9,11-13H2,(H,24,25). The highest BCUT2D eigenvalue weighted by Gasteiger charge is 2.17. The topological polar surface area (TPSA) is 47.6 Å². The molecule has 0 aromatic heterocycles. The first-order chi connectivity index (χ1) is 13.1. The predicted octanol–water partition coefficient (Wildman–Crippen LogP) is 4.78. The van der Waals surface area contributed by atoms with Gasteiger partial charge in [0.15, 0.2) is 0 Å². The summed E-state index contributed by atoms with van der Waals surface area (Å²) in [6.45, 7) is -2.13. The van der Waals surface area contributed by atoms with Crippen LogP contribution >= 0.6 is 0 Å². The van der Waals surface area contributed by atoms with Crippen molar-refractivity contribution >= 4 is 11.6 Å². The van der Waals surface area contributed by atoms with Crippen molar-refractivity contribution in [1.82, 2.24) is 0 Å². The molecule has 3 rings (SSSR count). The molecule has 2 aromatic carbocycles. The Balaban J connectivity index is 1.67. The van der Waals surface area contributed by atoms with Crippen molar-refractivity contribution in [3.63, 3.8) is 0 Å². The summed E-state index contributed by atoms with van der Waals surface area (Å²) in [6, 6.07) is 14.2. The van der Waals surface area contributed by atoms with E-state index in [4.69, 9.17) is 4.74 Å². The number of halogens is 2. The number of benzene rings is 2. The minimum absolute atomic E-state index is 0.112. The van der Waals surface area contributed by atoms with E-state index in [9.17, 15) is 13.6 Å². The van der Waals surface area contributed by atoms with E-state index in [1.54, 1.807) is 12.1 Å². The van der Waals surface area contributed by atoms with Gasteiger partial charge in [0.05, 0.1) is 6.10 Å². The summed E-state index contributed by atoms with van der Waals surface area (Å²) in [4.78, 5) is 12.2. The number of amides is 1. The lowest BCUT2D eigenvalue weighted by atomic mass is 10.0. The molecule has 0 aliphatic carbocycles. The van der Waals surface area contributed by atoms with Crippen LogP contribution in [0, 0.1) is 0 Å². The second kappa shape index (κ2) is 9.46. The third-order valence-corrected chi connectivity index (χ3v) is 4.52. The second-order valence-electron chi connectivity index (χ2n) is 6.59. The minimum atomic E-state index is -2.90. The molecule has 27 heavy (non-hydrogen) atoms. The van der Waals surface area contributed by atoms with Crippen LogP contribution < -0.4 is 10.1 Å². The highest BCUT2D eigenvalue weighted by Crippen LogP contribution is 2.27. The summed E-state index contributed by atoms with van der Waals surface area (Å²) in [5.74, 6) is 0.00453. The van der Waals surface area contributed by atoms with Crippen LogP contribution in [0.5, 0.6) is 5.75 Å². The van der Waals surface area contributed by atoms with Gasteiger partial charge in [-0.25, -0.2) is 0 Å². The molecular formula is C21H23F2NO3. The fourth-order valence-electron chi connectivity index (χ4n) is 3.21. The van der Waals surface area contributed by atoms with Crippen molar-refractivity contribution in [2.24, 2.45) is 0 Å². The molecule has 1 aliphatic rings. The number of carbonyl (C=O) groups excluding carboxylic acids is 1. The maximum atomic E-state index is 12.7. The van der Waals surface area contributed by atoms with E-state index in [2.05, 4.69) is 10.1 Å². The molecule has 1 N–H and O–H groups in total. The smallest absolute Gasteiger partial charge is 0.387 e. The minimum Gasteiger partial charge on any atom is -0.435 e. The van der Waals surface area contributed by atoms with Crippen LogP contribution in [0.1, 0.15) is 36.8 Å². The van der Waals surface area contributed by atoms with Gasteiger partial charge >= 0.3 is 6.61 Å². The van der Waals surface area contributed by atoms with E-state index in [1.165, 1.54) is 6.07 Å². The van der Waals surface area contributed by atoms with Gasteiger partial charge in [-0.3, -0.25) is 4.79 Å². The molecule has 6 heteroatoms. The first-order valence-corrected chi connectivity index (χ1v) is 9.13. The highest BCUT2D eigenvalue weighted by atomic mass is 19.3. The Bertz CT molecular complexity index is 746. The van der Waals surface area contributed by atoms with Crippen LogP contribution in [-0.2, 0) is 16.0 Å². The molecule has 0 bridgehead atoms. The molecule has 1 unspecified atom stereocenters. The Hall–Kier alpha value is -2.47. The van der Waals surface area contributed by atoms with Crippen LogP contribution in [0.25, 0.3) is 0 Å². The van der Waals surface area contributed by atoms with Crippen molar-refractivity contribution in [2.45, 2.75) is 44.8 Å². The van der Waals surface area contributed by atoms with Crippen LogP contribution in [0.2, 0.25) is 0 Å². The van der Waals surface area contributed by atoms with Crippen molar-refractivity contribution in [3.8, 4) is 5.75 Å². The summed E-state index contributed by atoms with van der Waals surface area (Å²) >= 11 is 0. The third-order valence-electron chi connectivity index (χ3n) is 4.52. The van der Waals surface area contributed by atoms with E-state index < -0.39 is 6.61 Å². The maximum absolute atomic E-state index is 12.7. The van der Waals surface area contributed by atoms with Gasteiger partial charge in [0.2, 0.25) is 5.91 Å². The monoisotopic (exact) mass is 375 g/mol. The number of rotatable bonds is 8. The van der Waals surface area contributed by atoms with Crippen LogP contribution in [0.4, 0.5) is 14.5 Å². The molecule has 0 saturated carbocycles. The van der Waals surface area contributed by atoms with Crippen molar-refractivity contribution in [1.29, 1.82) is 0 Å². The van der Waals surface area contributed by atoms with Crippen molar-refractivity contribution < 1.29 is 23.0 Å². The molecule has 144 valence electrons. The van der Waals surface area contributed by atoms with Gasteiger partial charge in [0.25, 0.3) is 0 Å². The van der Waals surface area contributed by atoms with Gasteiger partial charge in [-0.05, 0) is 43.0 Å². The predicted molar refractivity (Wildman–Crippen MR) is 99.2 cm³/mol. The Kier molecular flexibility index (Phi) is 6.76. The Labute approximate surface area is 157 Å². The summed E-state index contributed by atoms with van der Waals surface area (Å²) in [5, 5.41) is 2.84. The van der Waals surface area contributed by atoms with Crippen LogP contribution in [-0.4, -0.2) is 25.2 Å². The Morgan fingerprint density at radius 3 is 2.74 bits per heavy atom. The second-order valence-corrected chi connectivity index (χ2v) is 6.59. The lowest BCUT2D eigenvalue weighted by Gasteiger charge is -2.14. The number of hydrogen-bond acceptors (Lipinski definition) is 3. The zero-order chi connectivity index (χ0) is 19.1. The van der Waals surface area contributed by atoms with Crippen LogP contribution in [0.15, 0.2) is 48.5 Å². The number of anilines is 1. The normalized spacial score (nSPS) is 16.5. The quantitative estimate of drug-likeness (QED) is 0.723. The Morgan fingerprint density at radius 2 is 2.04 bits per heavy atom. The van der Waals surface area contributed by atoms with Gasteiger partial charge in [0.1, 0.15) is 5.75 Å². The first-order valence-electron chi connectivity index (χ1n) is 9.13. The molecule has 4 nitrogen and oxygen atoms in total. The average Bonchev–Trinajstić information content (AvgIpc) is 3.16. The fraction of sp³-hybridized carbons (Fsp3) is 0.381. The van der Waals surface area contributed by atoms with E-state index >= 15 is 0 Å². The van der Waals surface area contributed by atoms with Gasteiger partial charge in [-0.2, -0.15) is 8.78 Å². The zero-order valence-electron chi connectivity index (χ0n) is 15.0. The molecule has 0 radical (unpaired) electrons. The summed E-state index contributed by atoms with van der Waals surface area (Å²) in [6.07, 6.45) is 3.69. The van der Waals surface area contributed by atoms with Gasteiger partial charge in [-0.1, -0.05) is 30.3 Å². The number of carbonyl (C=O) groups is 1. The molecule has 1 atom stereocenters. The summed E-state index contributed by atoms with van der Waals surface area (Å²) < 4.78 is 35.5. The fourth-order valence-corrected chi connectivity index (χ4v) is 3.21. The molecule has 1 aliphatic heterocycles. The molecule has 1 saturated heterocycles. The lowest BCUT2D eigenvalue weighted by molar-refractivity contribution is -0.116. The van der Waals surface area contributed by atoms with Crippen LogP contribution in [0.3, 0.4) is 0 Å². The summed E-state index contributed by atoms with van der Waals surface area (Å²) in [5.41, 5.74) is 2.14. The molecule has 2 aromatic rings. The number of alkyl halides is 2. The third kappa shape index (κ3) is 6.03. The number of ether oxygens (including phenoxy) is 2. The van der Waals surface area contributed by atoms with E-state index in [-0.39, 0.29) is 17.8 Å². The van der Waals surface area contributed by atoms with E-state index in [0.717, 1.165) is 25.0 Å². The molecule has 1 heterocycles. The molecule has 1 fully saturated rings. The average molecular weight is 375 g/mol. The molecule has 1 amide bonds. The first kappa shape index (κ1) is 19.3. The molecular weight excluding hydrogens is 352 g/mol. The van der Waals surface area contributed by atoms with Crippen molar-refractivity contribution in [3.05, 3.63) is 59.7 Å². The number of hydrogen-bond donors (Lipinski definition) is 1. The zero-order valence-corrected chi connectivity index (χ0v) is 15.0. The highest BCUT2D eigenvalue weighted by molar-refractivity contribution is 5.90. The van der Waals surface area contributed by atoms with E-state index in [0.29, 0.717) is 30.5 Å². The lowest BCUT2D eigenvalue weighted by Crippen LogP contribution is -2.15. The Morgan fingerprint density at radius 1 is 1.22 bits per heavy atom. The van der Waals surface area contributed by atoms with E-state index in [1.807, 2.05) is 30.3 Å². The van der Waals surface area contributed by atoms with Gasteiger partial charge in [-0.15, -0.1) is 0 Å². The van der Waals surface area contributed by atoms with Gasteiger partial charge in [0, 0.05) is 30.7 Å².